The molecule has 1 aromatic heterocycles. The molecule has 1 atom stereocenters. The first kappa shape index (κ1) is 21.1. The Bertz CT molecular complexity index is 959. The van der Waals surface area contributed by atoms with Crippen molar-refractivity contribution >= 4 is 17.0 Å². The van der Waals surface area contributed by atoms with Gasteiger partial charge >= 0.3 is 6.09 Å². The van der Waals surface area contributed by atoms with E-state index in [1.165, 1.54) is 6.07 Å². The molecule has 1 saturated heterocycles. The van der Waals surface area contributed by atoms with Crippen LogP contribution in [0, 0.1) is 5.92 Å². The van der Waals surface area contributed by atoms with E-state index in [0.29, 0.717) is 30.5 Å². The molecule has 0 aliphatic carbocycles. The zero-order valence-electron chi connectivity index (χ0n) is 17.9. The first-order valence-electron chi connectivity index (χ1n) is 10.3. The highest BCUT2D eigenvalue weighted by Crippen LogP contribution is 2.23. The fraction of sp³-hybridized carbons (Fsp3) is 0.591. The summed E-state index contributed by atoms with van der Waals surface area (Å²) < 4.78 is 7.23. The van der Waals surface area contributed by atoms with E-state index < -0.39 is 5.60 Å². The number of likely N-dealkylation sites (tertiary alicyclic amines) is 1. The van der Waals surface area contributed by atoms with Crippen LogP contribution in [-0.4, -0.2) is 44.3 Å². The van der Waals surface area contributed by atoms with Crippen LogP contribution in [0.5, 0.6) is 5.75 Å². The molecule has 2 heterocycles. The van der Waals surface area contributed by atoms with Crippen LogP contribution >= 0.6 is 0 Å². The molecular formula is C22H31N3O4. The predicted octanol–water partition coefficient (Wildman–Crippen LogP) is 3.87. The summed E-state index contributed by atoms with van der Waals surface area (Å²) >= 11 is 0. The molecule has 3 rings (SSSR count). The first-order valence-corrected chi connectivity index (χ1v) is 10.3. The van der Waals surface area contributed by atoms with Crippen LogP contribution in [0.4, 0.5) is 4.79 Å². The smallest absolute Gasteiger partial charge is 0.410 e. The van der Waals surface area contributed by atoms with Gasteiger partial charge < -0.3 is 14.7 Å². The van der Waals surface area contributed by atoms with Gasteiger partial charge in [0.2, 0.25) is 0 Å². The summed E-state index contributed by atoms with van der Waals surface area (Å²) in [6, 6.07) is 4.69. The molecular weight excluding hydrogens is 370 g/mol. The Balaban J connectivity index is 1.89. The van der Waals surface area contributed by atoms with Crippen molar-refractivity contribution in [2.75, 3.05) is 13.1 Å². The van der Waals surface area contributed by atoms with E-state index in [1.54, 1.807) is 21.6 Å². The van der Waals surface area contributed by atoms with Crippen molar-refractivity contribution in [3.63, 3.8) is 0 Å². The standard InChI is InChI=1S/C22H31N3O4/c1-14(2)19-23-18-9-8-16(26)11-17(18)20(27)25(19)13-15-7-6-10-24(12-15)21(28)29-22(3,4)5/h8-9,11,14-15,26H,6-7,10,12-13H2,1-5H3/t15-/m0/s1. The lowest BCUT2D eigenvalue weighted by atomic mass is 9.97. The lowest BCUT2D eigenvalue weighted by Crippen LogP contribution is -2.44. The quantitative estimate of drug-likeness (QED) is 0.844. The average Bonchev–Trinajstić information content (AvgIpc) is 2.63. The van der Waals surface area contributed by atoms with E-state index in [-0.39, 0.29) is 29.2 Å². The minimum atomic E-state index is -0.532. The molecule has 1 N–H and O–H groups in total. The van der Waals surface area contributed by atoms with Gasteiger partial charge in [0.25, 0.3) is 5.56 Å². The number of hydrogen-bond acceptors (Lipinski definition) is 5. The molecule has 1 fully saturated rings. The zero-order valence-corrected chi connectivity index (χ0v) is 17.9. The topological polar surface area (TPSA) is 84.7 Å². The predicted molar refractivity (Wildman–Crippen MR) is 112 cm³/mol. The third kappa shape index (κ3) is 4.89. The number of hydrogen-bond donors (Lipinski definition) is 1. The number of benzene rings is 1. The summed E-state index contributed by atoms with van der Waals surface area (Å²) in [4.78, 5) is 32.1. The van der Waals surface area contributed by atoms with E-state index in [0.717, 1.165) is 18.7 Å². The van der Waals surface area contributed by atoms with Crippen LogP contribution in [0.15, 0.2) is 23.0 Å². The van der Waals surface area contributed by atoms with Crippen molar-refractivity contribution in [1.82, 2.24) is 14.5 Å². The van der Waals surface area contributed by atoms with E-state index in [4.69, 9.17) is 9.72 Å². The van der Waals surface area contributed by atoms with Crippen LogP contribution in [0.25, 0.3) is 10.9 Å². The number of phenolic OH excluding ortho intramolecular Hbond substituents is 1. The maximum Gasteiger partial charge on any atom is 0.410 e. The van der Waals surface area contributed by atoms with Gasteiger partial charge in [0.1, 0.15) is 17.2 Å². The van der Waals surface area contributed by atoms with Crippen LogP contribution in [-0.2, 0) is 11.3 Å². The maximum atomic E-state index is 13.2. The molecule has 1 aliphatic heterocycles. The Morgan fingerprint density at radius 3 is 2.72 bits per heavy atom. The van der Waals surface area contributed by atoms with Crippen molar-refractivity contribution in [2.45, 2.75) is 65.5 Å². The second-order valence-corrected chi connectivity index (χ2v) is 9.18. The number of phenols is 1. The second-order valence-electron chi connectivity index (χ2n) is 9.18. The Hall–Kier alpha value is -2.57. The Kier molecular flexibility index (Phi) is 5.87. The van der Waals surface area contributed by atoms with Gasteiger partial charge in [-0.1, -0.05) is 13.8 Å². The summed E-state index contributed by atoms with van der Waals surface area (Å²) in [5.74, 6) is 0.992. The van der Waals surface area contributed by atoms with Gasteiger partial charge in [-0.15, -0.1) is 0 Å². The van der Waals surface area contributed by atoms with Gasteiger partial charge in [-0.2, -0.15) is 0 Å². The van der Waals surface area contributed by atoms with Crippen molar-refractivity contribution < 1.29 is 14.6 Å². The second kappa shape index (κ2) is 8.05. The van der Waals surface area contributed by atoms with Gasteiger partial charge in [0.15, 0.2) is 0 Å². The highest BCUT2D eigenvalue weighted by Gasteiger charge is 2.28. The van der Waals surface area contributed by atoms with Gasteiger partial charge in [-0.05, 0) is 57.7 Å². The van der Waals surface area contributed by atoms with Crippen molar-refractivity contribution in [2.24, 2.45) is 5.92 Å². The molecule has 7 nitrogen and oxygen atoms in total. The highest BCUT2D eigenvalue weighted by atomic mass is 16.6. The number of aromatic nitrogens is 2. The number of rotatable bonds is 3. The number of aromatic hydroxyl groups is 1. The van der Waals surface area contributed by atoms with Crippen molar-refractivity contribution in [3.05, 3.63) is 34.4 Å². The minimum absolute atomic E-state index is 0.0500. The number of amides is 1. The van der Waals surface area contributed by atoms with Gasteiger partial charge in [-0.3, -0.25) is 9.36 Å². The largest absolute Gasteiger partial charge is 0.508 e. The molecule has 2 aromatic rings. The number of carbonyl (C=O) groups excluding carboxylic acids is 1. The van der Waals surface area contributed by atoms with E-state index in [2.05, 4.69) is 0 Å². The summed E-state index contributed by atoms with van der Waals surface area (Å²) in [6.07, 6.45) is 1.50. The Morgan fingerprint density at radius 2 is 2.07 bits per heavy atom. The first-order chi connectivity index (χ1) is 13.5. The maximum absolute atomic E-state index is 13.2. The molecule has 29 heavy (non-hydrogen) atoms. The molecule has 1 amide bonds. The summed E-state index contributed by atoms with van der Waals surface area (Å²) in [7, 11) is 0. The number of nitrogens with zero attached hydrogens (tertiary/aromatic N) is 3. The molecule has 0 unspecified atom stereocenters. The van der Waals surface area contributed by atoms with Crippen LogP contribution in [0.2, 0.25) is 0 Å². The molecule has 158 valence electrons. The van der Waals surface area contributed by atoms with Crippen molar-refractivity contribution in [3.8, 4) is 5.75 Å². The van der Waals surface area contributed by atoms with E-state index >= 15 is 0 Å². The summed E-state index contributed by atoms with van der Waals surface area (Å²) in [6.45, 7) is 11.3. The highest BCUT2D eigenvalue weighted by molar-refractivity contribution is 5.79. The van der Waals surface area contributed by atoms with E-state index in [1.807, 2.05) is 34.6 Å². The summed E-state index contributed by atoms with van der Waals surface area (Å²) in [5, 5.41) is 10.2. The fourth-order valence-corrected chi connectivity index (χ4v) is 3.81. The fourth-order valence-electron chi connectivity index (χ4n) is 3.81. The van der Waals surface area contributed by atoms with Gasteiger partial charge in [0, 0.05) is 25.6 Å². The average molecular weight is 402 g/mol. The Labute approximate surface area is 171 Å². The van der Waals surface area contributed by atoms with Crippen LogP contribution < -0.4 is 5.56 Å². The normalized spacial score (nSPS) is 17.7. The lowest BCUT2D eigenvalue weighted by Gasteiger charge is -2.34. The van der Waals surface area contributed by atoms with Crippen LogP contribution in [0.1, 0.15) is 59.2 Å². The molecule has 0 radical (unpaired) electrons. The molecule has 1 aromatic carbocycles. The molecule has 0 saturated carbocycles. The van der Waals surface area contributed by atoms with Gasteiger partial charge in [-0.25, -0.2) is 9.78 Å². The molecule has 1 aliphatic rings. The monoisotopic (exact) mass is 401 g/mol. The molecule has 0 bridgehead atoms. The van der Waals surface area contributed by atoms with Gasteiger partial charge in [0.05, 0.1) is 10.9 Å². The molecule has 7 heteroatoms. The minimum Gasteiger partial charge on any atom is -0.508 e. The number of ether oxygens (including phenoxy) is 1. The van der Waals surface area contributed by atoms with E-state index in [9.17, 15) is 14.7 Å². The third-order valence-corrected chi connectivity index (χ3v) is 5.10. The Morgan fingerprint density at radius 1 is 1.34 bits per heavy atom. The number of fused-ring (bicyclic) bond motifs is 1. The summed E-state index contributed by atoms with van der Waals surface area (Å²) in [5.41, 5.74) is -0.0912. The van der Waals surface area contributed by atoms with Crippen LogP contribution in [0.3, 0.4) is 0 Å². The van der Waals surface area contributed by atoms with Crippen molar-refractivity contribution in [1.29, 1.82) is 0 Å². The number of carbonyl (C=O) groups is 1. The SMILES string of the molecule is CC(C)c1nc2ccc(O)cc2c(=O)n1C[C@H]1CCCN(C(=O)OC(C)(C)C)C1. The lowest BCUT2D eigenvalue weighted by molar-refractivity contribution is 0.0156. The molecule has 0 spiro atoms. The zero-order chi connectivity index (χ0) is 21.3. The number of piperidine rings is 1. The third-order valence-electron chi connectivity index (χ3n) is 5.10.